The van der Waals surface area contributed by atoms with Gasteiger partial charge in [-0.15, -0.1) is 0 Å². The minimum absolute atomic E-state index is 0.108. The molecule has 1 aromatic rings. The summed E-state index contributed by atoms with van der Waals surface area (Å²) in [5.74, 6) is 0.592. The number of hydrogen-bond acceptors (Lipinski definition) is 4. The van der Waals surface area contributed by atoms with Crippen LogP contribution in [0.5, 0.6) is 0 Å². The van der Waals surface area contributed by atoms with Gasteiger partial charge in [-0.3, -0.25) is 9.10 Å². The fourth-order valence-corrected chi connectivity index (χ4v) is 5.92. The van der Waals surface area contributed by atoms with Crippen LogP contribution in [0, 0.1) is 0 Å². The first kappa shape index (κ1) is 23.9. The third-order valence-electron chi connectivity index (χ3n) is 4.50. The van der Waals surface area contributed by atoms with Crippen LogP contribution in [0.25, 0.3) is 0 Å². The minimum atomic E-state index is -3.73. The zero-order chi connectivity index (χ0) is 20.7. The highest BCUT2D eigenvalue weighted by atomic mass is 35.5. The normalized spacial score (nSPS) is 15.4. The topological polar surface area (TPSA) is 66.5 Å². The van der Waals surface area contributed by atoms with Crippen LogP contribution in [-0.4, -0.2) is 44.7 Å². The number of anilines is 1. The van der Waals surface area contributed by atoms with Crippen LogP contribution >= 0.6 is 46.6 Å². The lowest BCUT2D eigenvalue weighted by molar-refractivity contribution is -0.119. The van der Waals surface area contributed by atoms with Gasteiger partial charge in [-0.25, -0.2) is 8.42 Å². The molecular weight excluding hydrogens is 463 g/mol. The van der Waals surface area contributed by atoms with E-state index < -0.39 is 15.9 Å². The molecule has 1 saturated carbocycles. The smallest absolute Gasteiger partial charge is 0.240 e. The maximum Gasteiger partial charge on any atom is 0.240 e. The van der Waals surface area contributed by atoms with E-state index in [0.717, 1.165) is 28.0 Å². The standard InChI is InChI=1S/C18H25Cl3N2O3S2/c1-28(25,26)23(17-11-15(20)14(19)10-16(17)21)12-18(24)22-8-5-9-27-13-6-3-2-4-7-13/h10-11,13H,2-9,12H2,1H3,(H,22,24). The Labute approximate surface area is 186 Å². The molecule has 1 amide bonds. The quantitative estimate of drug-likeness (QED) is 0.394. The highest BCUT2D eigenvalue weighted by molar-refractivity contribution is 7.99. The largest absolute Gasteiger partial charge is 0.354 e. The van der Waals surface area contributed by atoms with Gasteiger partial charge < -0.3 is 5.32 Å². The second-order valence-electron chi connectivity index (χ2n) is 6.82. The summed E-state index contributed by atoms with van der Waals surface area (Å²) in [6.45, 7) is 0.136. The van der Waals surface area contributed by atoms with Crippen LogP contribution in [-0.2, 0) is 14.8 Å². The lowest BCUT2D eigenvalue weighted by atomic mass is 10.0. The Morgan fingerprint density at radius 2 is 1.79 bits per heavy atom. The molecule has 1 N–H and O–H groups in total. The molecule has 0 aromatic heterocycles. The summed E-state index contributed by atoms with van der Waals surface area (Å²) in [5.41, 5.74) is 0.126. The molecule has 2 rings (SSSR count). The predicted molar refractivity (Wildman–Crippen MR) is 121 cm³/mol. The molecule has 0 saturated heterocycles. The van der Waals surface area contributed by atoms with Crippen molar-refractivity contribution in [2.24, 2.45) is 0 Å². The van der Waals surface area contributed by atoms with E-state index in [0.29, 0.717) is 6.54 Å². The van der Waals surface area contributed by atoms with Gasteiger partial charge in [0.15, 0.2) is 0 Å². The summed E-state index contributed by atoms with van der Waals surface area (Å²) in [6.07, 6.45) is 8.39. The van der Waals surface area contributed by atoms with Gasteiger partial charge in [0, 0.05) is 11.8 Å². The Balaban J connectivity index is 1.87. The predicted octanol–water partition coefficient (Wildman–Crippen LogP) is 4.99. The number of nitrogens with one attached hydrogen (secondary N) is 1. The first-order chi connectivity index (χ1) is 13.2. The van der Waals surface area contributed by atoms with Gasteiger partial charge in [0.2, 0.25) is 15.9 Å². The number of carbonyl (C=O) groups excluding carboxylic acids is 1. The summed E-state index contributed by atoms with van der Waals surface area (Å²) in [5, 5.41) is 4.00. The lowest BCUT2D eigenvalue weighted by Gasteiger charge is -2.23. The van der Waals surface area contributed by atoms with Gasteiger partial charge in [0.1, 0.15) is 6.54 Å². The molecule has 10 heteroatoms. The highest BCUT2D eigenvalue weighted by Crippen LogP contribution is 2.35. The molecule has 0 radical (unpaired) electrons. The fraction of sp³-hybridized carbons (Fsp3) is 0.611. The van der Waals surface area contributed by atoms with Gasteiger partial charge in [-0.05, 0) is 37.1 Å². The number of amides is 1. The van der Waals surface area contributed by atoms with E-state index in [2.05, 4.69) is 5.32 Å². The van der Waals surface area contributed by atoms with Gasteiger partial charge in [-0.2, -0.15) is 11.8 Å². The van der Waals surface area contributed by atoms with Crippen molar-refractivity contribution < 1.29 is 13.2 Å². The molecule has 0 heterocycles. The number of rotatable bonds is 9. The Kier molecular flexibility index (Phi) is 9.54. The molecule has 5 nitrogen and oxygen atoms in total. The molecule has 158 valence electrons. The number of benzene rings is 1. The van der Waals surface area contributed by atoms with Crippen molar-refractivity contribution in [1.82, 2.24) is 5.32 Å². The van der Waals surface area contributed by atoms with Crippen LogP contribution in [0.1, 0.15) is 38.5 Å². The molecule has 0 aliphatic heterocycles. The average molecular weight is 488 g/mol. The second-order valence-corrected chi connectivity index (χ2v) is 11.4. The number of hydrogen-bond donors (Lipinski definition) is 1. The number of halogens is 3. The summed E-state index contributed by atoms with van der Waals surface area (Å²) in [4.78, 5) is 12.3. The van der Waals surface area contributed by atoms with Crippen molar-refractivity contribution in [3.8, 4) is 0 Å². The lowest BCUT2D eigenvalue weighted by Crippen LogP contribution is -2.40. The van der Waals surface area contributed by atoms with E-state index in [9.17, 15) is 13.2 Å². The fourth-order valence-electron chi connectivity index (χ4n) is 3.05. The van der Waals surface area contributed by atoms with E-state index in [1.165, 1.54) is 44.2 Å². The monoisotopic (exact) mass is 486 g/mol. The van der Waals surface area contributed by atoms with Crippen LogP contribution in [0.2, 0.25) is 15.1 Å². The average Bonchev–Trinajstić information content (AvgIpc) is 2.63. The van der Waals surface area contributed by atoms with Crippen LogP contribution in [0.3, 0.4) is 0 Å². The molecule has 0 spiro atoms. The number of carbonyl (C=O) groups is 1. The molecule has 1 fully saturated rings. The van der Waals surface area contributed by atoms with Crippen molar-refractivity contribution in [2.75, 3.05) is 29.4 Å². The maximum atomic E-state index is 12.3. The number of nitrogens with zero attached hydrogens (tertiary/aromatic N) is 1. The van der Waals surface area contributed by atoms with E-state index >= 15 is 0 Å². The summed E-state index contributed by atoms with van der Waals surface area (Å²) < 4.78 is 25.3. The first-order valence-electron chi connectivity index (χ1n) is 9.19. The molecular formula is C18H25Cl3N2O3S2. The second kappa shape index (κ2) is 11.2. The Morgan fingerprint density at radius 3 is 2.43 bits per heavy atom. The third kappa shape index (κ3) is 7.48. The third-order valence-corrected chi connectivity index (χ3v) is 8.11. The Hall–Kier alpha value is -0.340. The Morgan fingerprint density at radius 1 is 1.14 bits per heavy atom. The summed E-state index contributed by atoms with van der Waals surface area (Å²) in [6, 6.07) is 2.71. The maximum absolute atomic E-state index is 12.3. The zero-order valence-electron chi connectivity index (χ0n) is 15.7. The molecule has 0 unspecified atom stereocenters. The summed E-state index contributed by atoms with van der Waals surface area (Å²) >= 11 is 20.0. The molecule has 1 aliphatic rings. The van der Waals surface area contributed by atoms with Crippen molar-refractivity contribution in [3.63, 3.8) is 0 Å². The van der Waals surface area contributed by atoms with E-state index in [1.807, 2.05) is 11.8 Å². The van der Waals surface area contributed by atoms with Crippen molar-refractivity contribution in [2.45, 2.75) is 43.8 Å². The van der Waals surface area contributed by atoms with E-state index in [-0.39, 0.29) is 27.3 Å². The van der Waals surface area contributed by atoms with E-state index in [1.54, 1.807) is 0 Å². The van der Waals surface area contributed by atoms with Crippen LogP contribution in [0.15, 0.2) is 12.1 Å². The molecule has 28 heavy (non-hydrogen) atoms. The van der Waals surface area contributed by atoms with Gasteiger partial charge >= 0.3 is 0 Å². The number of thioether (sulfide) groups is 1. The van der Waals surface area contributed by atoms with Gasteiger partial charge in [0.25, 0.3) is 0 Å². The molecule has 0 atom stereocenters. The Bertz CT molecular complexity index is 785. The SMILES string of the molecule is CS(=O)(=O)N(CC(=O)NCCCSC1CCCCC1)c1cc(Cl)c(Cl)cc1Cl. The number of sulfonamides is 1. The van der Waals surface area contributed by atoms with Gasteiger partial charge in [-0.1, -0.05) is 54.1 Å². The van der Waals surface area contributed by atoms with Crippen molar-refractivity contribution in [1.29, 1.82) is 0 Å². The van der Waals surface area contributed by atoms with Crippen LogP contribution < -0.4 is 9.62 Å². The highest BCUT2D eigenvalue weighted by Gasteiger charge is 2.24. The molecule has 1 aliphatic carbocycles. The van der Waals surface area contributed by atoms with E-state index in [4.69, 9.17) is 34.8 Å². The van der Waals surface area contributed by atoms with Crippen molar-refractivity contribution >= 4 is 68.2 Å². The summed E-state index contributed by atoms with van der Waals surface area (Å²) in [7, 11) is -3.73. The first-order valence-corrected chi connectivity index (χ1v) is 13.2. The minimum Gasteiger partial charge on any atom is -0.354 e. The molecule has 1 aromatic carbocycles. The molecule has 0 bridgehead atoms. The van der Waals surface area contributed by atoms with Gasteiger partial charge in [0.05, 0.1) is 27.0 Å². The van der Waals surface area contributed by atoms with Crippen molar-refractivity contribution in [3.05, 3.63) is 27.2 Å². The van der Waals surface area contributed by atoms with Crippen LogP contribution in [0.4, 0.5) is 5.69 Å². The zero-order valence-corrected chi connectivity index (χ0v) is 19.6.